The lowest BCUT2D eigenvalue weighted by Gasteiger charge is -2.00. The van der Waals surface area contributed by atoms with Gasteiger partial charge in [-0.15, -0.1) is 0 Å². The Hall–Kier alpha value is -2.43. The summed E-state index contributed by atoms with van der Waals surface area (Å²) in [5.41, 5.74) is 9.15. The fourth-order valence-electron chi connectivity index (χ4n) is 1.61. The topological polar surface area (TPSA) is 80.5 Å². The molecular weight excluding hydrogens is 202 g/mol. The van der Waals surface area contributed by atoms with Crippen LogP contribution in [-0.2, 0) is 0 Å². The zero-order chi connectivity index (χ0) is 11.0. The Kier molecular flexibility index (Phi) is 1.83. The first-order chi connectivity index (χ1) is 7.83. The van der Waals surface area contributed by atoms with Crippen LogP contribution in [0, 0.1) is 0 Å². The first-order valence-corrected chi connectivity index (χ1v) is 4.85. The van der Waals surface area contributed by atoms with Crippen LogP contribution in [0.15, 0.2) is 36.8 Å². The summed E-state index contributed by atoms with van der Waals surface area (Å²) in [4.78, 5) is 15.4. The summed E-state index contributed by atoms with van der Waals surface area (Å²) in [5, 5.41) is 0. The molecule has 3 N–H and O–H groups in total. The Balaban J connectivity index is 2.18. The van der Waals surface area contributed by atoms with Gasteiger partial charge in [0.2, 0.25) is 5.95 Å². The normalized spacial score (nSPS) is 10.8. The third-order valence-corrected chi connectivity index (χ3v) is 2.37. The van der Waals surface area contributed by atoms with Crippen LogP contribution in [0.4, 0.5) is 5.95 Å². The summed E-state index contributed by atoms with van der Waals surface area (Å²) < 4.78 is 0. The van der Waals surface area contributed by atoms with Crippen molar-refractivity contribution in [3.05, 3.63) is 36.8 Å². The van der Waals surface area contributed by atoms with E-state index in [9.17, 15) is 0 Å². The average Bonchev–Trinajstić information content (AvgIpc) is 2.75. The summed E-state index contributed by atoms with van der Waals surface area (Å²) in [6.07, 6.45) is 5.27. The summed E-state index contributed by atoms with van der Waals surface area (Å²) in [5.74, 6) is 0.268. The third-order valence-electron chi connectivity index (χ3n) is 2.37. The molecule has 0 bridgehead atoms. The molecule has 3 rings (SSSR count). The monoisotopic (exact) mass is 211 g/mol. The second-order valence-electron chi connectivity index (χ2n) is 3.43. The highest BCUT2D eigenvalue weighted by atomic mass is 15.0. The standard InChI is InChI=1S/C11H9N5/c12-11-14-4-1-8(16-11)7-5-10-9(15-6-7)2-3-13-10/h1-6,13H,(H2,12,14,16). The number of rotatable bonds is 1. The Morgan fingerprint density at radius 1 is 1.19 bits per heavy atom. The molecule has 0 fully saturated rings. The highest BCUT2D eigenvalue weighted by Crippen LogP contribution is 2.19. The van der Waals surface area contributed by atoms with Crippen molar-refractivity contribution >= 4 is 17.0 Å². The number of hydrogen-bond donors (Lipinski definition) is 2. The molecule has 0 spiro atoms. The van der Waals surface area contributed by atoms with E-state index in [0.717, 1.165) is 22.3 Å². The molecule has 0 atom stereocenters. The van der Waals surface area contributed by atoms with E-state index in [-0.39, 0.29) is 5.95 Å². The van der Waals surface area contributed by atoms with Gasteiger partial charge in [0.25, 0.3) is 0 Å². The van der Waals surface area contributed by atoms with Gasteiger partial charge in [-0.25, -0.2) is 9.97 Å². The fourth-order valence-corrected chi connectivity index (χ4v) is 1.61. The lowest BCUT2D eigenvalue weighted by Crippen LogP contribution is -1.95. The summed E-state index contributed by atoms with van der Waals surface area (Å²) >= 11 is 0. The Morgan fingerprint density at radius 3 is 3.00 bits per heavy atom. The molecule has 0 saturated carbocycles. The van der Waals surface area contributed by atoms with Gasteiger partial charge >= 0.3 is 0 Å². The first kappa shape index (κ1) is 8.84. The van der Waals surface area contributed by atoms with Crippen molar-refractivity contribution in [1.82, 2.24) is 19.9 Å². The number of nitrogens with zero attached hydrogens (tertiary/aromatic N) is 3. The van der Waals surface area contributed by atoms with E-state index in [2.05, 4.69) is 19.9 Å². The largest absolute Gasteiger partial charge is 0.368 e. The van der Waals surface area contributed by atoms with Crippen molar-refractivity contribution in [3.8, 4) is 11.3 Å². The van der Waals surface area contributed by atoms with Gasteiger partial charge in [0.05, 0.1) is 16.7 Å². The van der Waals surface area contributed by atoms with E-state index < -0.39 is 0 Å². The molecule has 0 aliphatic rings. The van der Waals surface area contributed by atoms with Gasteiger partial charge in [-0.1, -0.05) is 0 Å². The van der Waals surface area contributed by atoms with Crippen LogP contribution in [0.5, 0.6) is 0 Å². The lowest BCUT2D eigenvalue weighted by molar-refractivity contribution is 1.19. The maximum atomic E-state index is 5.54. The van der Waals surface area contributed by atoms with Gasteiger partial charge in [0, 0.05) is 24.2 Å². The van der Waals surface area contributed by atoms with Crippen molar-refractivity contribution in [2.75, 3.05) is 5.73 Å². The molecule has 5 nitrogen and oxygen atoms in total. The molecule has 0 saturated heterocycles. The van der Waals surface area contributed by atoms with E-state index in [0.29, 0.717) is 0 Å². The zero-order valence-electron chi connectivity index (χ0n) is 8.38. The Bertz CT molecular complexity index is 643. The van der Waals surface area contributed by atoms with Crippen molar-refractivity contribution < 1.29 is 0 Å². The van der Waals surface area contributed by atoms with Crippen LogP contribution in [-0.4, -0.2) is 19.9 Å². The Morgan fingerprint density at radius 2 is 2.12 bits per heavy atom. The molecule has 78 valence electrons. The van der Waals surface area contributed by atoms with Crippen molar-refractivity contribution in [3.63, 3.8) is 0 Å². The number of aromatic nitrogens is 4. The highest BCUT2D eigenvalue weighted by Gasteiger charge is 2.03. The van der Waals surface area contributed by atoms with Gasteiger partial charge < -0.3 is 10.7 Å². The molecule has 5 heteroatoms. The number of pyridine rings is 1. The predicted molar refractivity (Wildman–Crippen MR) is 61.5 cm³/mol. The van der Waals surface area contributed by atoms with Crippen LogP contribution in [0.25, 0.3) is 22.3 Å². The number of nitrogens with two attached hydrogens (primary N) is 1. The van der Waals surface area contributed by atoms with E-state index in [1.54, 1.807) is 12.4 Å². The molecule has 0 aliphatic carbocycles. The molecule has 3 heterocycles. The van der Waals surface area contributed by atoms with Crippen LogP contribution in [0.3, 0.4) is 0 Å². The second kappa shape index (κ2) is 3.30. The maximum absolute atomic E-state index is 5.54. The number of fused-ring (bicyclic) bond motifs is 1. The van der Waals surface area contributed by atoms with Crippen LogP contribution in [0.2, 0.25) is 0 Å². The smallest absolute Gasteiger partial charge is 0.220 e. The van der Waals surface area contributed by atoms with Gasteiger partial charge in [0.15, 0.2) is 0 Å². The number of hydrogen-bond acceptors (Lipinski definition) is 4. The van der Waals surface area contributed by atoms with Gasteiger partial charge in [-0.3, -0.25) is 4.98 Å². The molecule has 0 amide bonds. The third kappa shape index (κ3) is 1.38. The number of anilines is 1. The maximum Gasteiger partial charge on any atom is 0.220 e. The summed E-state index contributed by atoms with van der Waals surface area (Å²) in [6, 6.07) is 5.72. The minimum Gasteiger partial charge on any atom is -0.368 e. The van der Waals surface area contributed by atoms with E-state index in [1.807, 2.05) is 24.4 Å². The molecular formula is C11H9N5. The van der Waals surface area contributed by atoms with Gasteiger partial charge in [-0.2, -0.15) is 0 Å². The molecule has 0 aliphatic heterocycles. The second-order valence-corrected chi connectivity index (χ2v) is 3.43. The quantitative estimate of drug-likeness (QED) is 0.640. The fraction of sp³-hybridized carbons (Fsp3) is 0. The average molecular weight is 211 g/mol. The molecule has 0 radical (unpaired) electrons. The number of aromatic amines is 1. The van der Waals surface area contributed by atoms with Crippen LogP contribution < -0.4 is 5.73 Å². The number of nitrogens with one attached hydrogen (secondary N) is 1. The van der Waals surface area contributed by atoms with Crippen molar-refractivity contribution in [1.29, 1.82) is 0 Å². The number of nitrogen functional groups attached to an aromatic ring is 1. The summed E-state index contributed by atoms with van der Waals surface area (Å²) in [7, 11) is 0. The van der Waals surface area contributed by atoms with Gasteiger partial charge in [0.1, 0.15) is 0 Å². The minimum atomic E-state index is 0.268. The molecule has 3 aromatic heterocycles. The van der Waals surface area contributed by atoms with E-state index in [4.69, 9.17) is 5.73 Å². The zero-order valence-corrected chi connectivity index (χ0v) is 8.38. The van der Waals surface area contributed by atoms with Crippen LogP contribution in [0.1, 0.15) is 0 Å². The summed E-state index contributed by atoms with van der Waals surface area (Å²) in [6.45, 7) is 0. The van der Waals surface area contributed by atoms with Crippen molar-refractivity contribution in [2.45, 2.75) is 0 Å². The van der Waals surface area contributed by atoms with E-state index >= 15 is 0 Å². The molecule has 16 heavy (non-hydrogen) atoms. The molecule has 0 unspecified atom stereocenters. The lowest BCUT2D eigenvalue weighted by atomic mass is 10.2. The molecule has 3 aromatic rings. The first-order valence-electron chi connectivity index (χ1n) is 4.85. The highest BCUT2D eigenvalue weighted by molar-refractivity contribution is 5.79. The SMILES string of the molecule is Nc1nccc(-c2cnc3cc[nH]c3c2)n1. The van der Waals surface area contributed by atoms with Crippen molar-refractivity contribution in [2.24, 2.45) is 0 Å². The van der Waals surface area contributed by atoms with E-state index in [1.165, 1.54) is 0 Å². The minimum absolute atomic E-state index is 0.268. The molecule has 0 aromatic carbocycles. The van der Waals surface area contributed by atoms with Crippen LogP contribution >= 0.6 is 0 Å². The Labute approximate surface area is 91.4 Å². The van der Waals surface area contributed by atoms with Gasteiger partial charge in [-0.05, 0) is 18.2 Å². The predicted octanol–water partition coefficient (Wildman–Crippen LogP) is 1.60. The number of H-pyrrole nitrogens is 1.